The molecule has 2 rings (SSSR count). The molecule has 0 unspecified atom stereocenters. The Balaban J connectivity index is 2.30. The minimum atomic E-state index is 0.393. The molecule has 3 heteroatoms. The number of nitrogens with zero attached hydrogens (tertiary/aromatic N) is 1. The Hall–Kier alpha value is -2.16. The smallest absolute Gasteiger partial charge is 0.135 e. The lowest BCUT2D eigenvalue weighted by atomic mass is 10.0. The summed E-state index contributed by atoms with van der Waals surface area (Å²) in [6, 6.07) is 12.3. The largest absolute Gasteiger partial charge is 0.367 e. The van der Waals surface area contributed by atoms with Crippen molar-refractivity contribution in [3.8, 4) is 0 Å². The summed E-state index contributed by atoms with van der Waals surface area (Å²) < 4.78 is 0. The van der Waals surface area contributed by atoms with Crippen LogP contribution in [0.1, 0.15) is 43.4 Å². The van der Waals surface area contributed by atoms with Crippen LogP contribution >= 0.6 is 0 Å². The molecule has 1 aromatic carbocycles. The number of hydrogen-bond donors (Lipinski definition) is 2. The third-order valence-corrected chi connectivity index (χ3v) is 3.74. The van der Waals surface area contributed by atoms with Gasteiger partial charge in [-0.05, 0) is 31.9 Å². The van der Waals surface area contributed by atoms with Gasteiger partial charge in [0, 0.05) is 23.4 Å². The molecule has 0 fully saturated rings. The van der Waals surface area contributed by atoms with Crippen LogP contribution in [0.3, 0.4) is 0 Å². The zero-order valence-corrected chi connectivity index (χ0v) is 13.0. The predicted octanol–water partition coefficient (Wildman–Crippen LogP) is 4.41. The van der Waals surface area contributed by atoms with Gasteiger partial charge in [-0.2, -0.15) is 0 Å². The fourth-order valence-electron chi connectivity index (χ4n) is 2.28. The number of aryl methyl sites for hydroxylation is 1. The third-order valence-electron chi connectivity index (χ3n) is 3.74. The van der Waals surface area contributed by atoms with Crippen LogP contribution in [0.15, 0.2) is 42.6 Å². The van der Waals surface area contributed by atoms with E-state index in [2.05, 4.69) is 31.1 Å². The van der Waals surface area contributed by atoms with E-state index in [-0.39, 0.29) is 0 Å². The minimum absolute atomic E-state index is 0.393. The van der Waals surface area contributed by atoms with Gasteiger partial charge in [0.25, 0.3) is 0 Å². The predicted molar refractivity (Wildman–Crippen MR) is 89.3 cm³/mol. The van der Waals surface area contributed by atoms with E-state index in [0.29, 0.717) is 11.8 Å². The molecule has 1 heterocycles. The normalized spacial score (nSPS) is 10.7. The Morgan fingerprint density at radius 1 is 1.14 bits per heavy atom. The summed E-state index contributed by atoms with van der Waals surface area (Å²) in [5, 5.41) is 11.9. The number of hydrogen-bond acceptors (Lipinski definition) is 3. The molecule has 21 heavy (non-hydrogen) atoms. The van der Waals surface area contributed by atoms with Crippen molar-refractivity contribution in [3.05, 3.63) is 59.3 Å². The summed E-state index contributed by atoms with van der Waals surface area (Å²) in [6.45, 7) is 6.38. The zero-order valence-electron chi connectivity index (χ0n) is 13.0. The fourth-order valence-corrected chi connectivity index (χ4v) is 2.28. The van der Waals surface area contributed by atoms with Crippen LogP contribution in [0.25, 0.3) is 0 Å². The van der Waals surface area contributed by atoms with Crippen LogP contribution in [0.5, 0.6) is 0 Å². The van der Waals surface area contributed by atoms with E-state index in [1.165, 1.54) is 5.56 Å². The second-order valence-electron chi connectivity index (χ2n) is 5.30. The molecule has 1 aromatic heterocycles. The Morgan fingerprint density at radius 3 is 2.43 bits per heavy atom. The van der Waals surface area contributed by atoms with Crippen molar-refractivity contribution in [1.82, 2.24) is 4.98 Å². The van der Waals surface area contributed by atoms with E-state index in [9.17, 15) is 0 Å². The molecular weight excluding hydrogens is 258 g/mol. The molecule has 3 nitrogen and oxygen atoms in total. The van der Waals surface area contributed by atoms with Gasteiger partial charge in [0.15, 0.2) is 0 Å². The monoisotopic (exact) mass is 281 g/mol. The minimum Gasteiger partial charge on any atom is -0.367 e. The second kappa shape index (κ2) is 7.02. The molecule has 2 N–H and O–H groups in total. The molecule has 0 radical (unpaired) electrons. The average Bonchev–Trinajstić information content (AvgIpc) is 2.53. The zero-order chi connectivity index (χ0) is 15.2. The highest BCUT2D eigenvalue weighted by Crippen LogP contribution is 2.19. The van der Waals surface area contributed by atoms with Gasteiger partial charge in [0.1, 0.15) is 5.82 Å². The van der Waals surface area contributed by atoms with E-state index >= 15 is 0 Å². The lowest BCUT2D eigenvalue weighted by molar-refractivity contribution is 0.668. The standard InChI is InChI=1S/C18H23N3/c1-4-15(5-2)21-18-16(7-6-12-20-18)17(19)14-10-8-13(3)9-11-14/h6-12,15,19H,4-5H2,1-3H3,(H,20,21). The van der Waals surface area contributed by atoms with E-state index < -0.39 is 0 Å². The first kappa shape index (κ1) is 15.2. The molecule has 0 atom stereocenters. The Bertz CT molecular complexity index is 598. The molecule has 2 aromatic rings. The number of anilines is 1. The molecule has 0 aliphatic rings. The van der Waals surface area contributed by atoms with Gasteiger partial charge in [0.2, 0.25) is 0 Å². The quantitative estimate of drug-likeness (QED) is 0.771. The van der Waals surface area contributed by atoms with Crippen molar-refractivity contribution >= 4 is 11.5 Å². The number of pyridine rings is 1. The van der Waals surface area contributed by atoms with Crippen molar-refractivity contribution in [3.63, 3.8) is 0 Å². The number of nitrogens with one attached hydrogen (secondary N) is 2. The van der Waals surface area contributed by atoms with Gasteiger partial charge in [0.05, 0.1) is 5.71 Å². The summed E-state index contributed by atoms with van der Waals surface area (Å²) in [4.78, 5) is 4.43. The third kappa shape index (κ3) is 3.69. The lowest BCUT2D eigenvalue weighted by Crippen LogP contribution is -2.20. The molecule has 0 saturated heterocycles. The first-order valence-corrected chi connectivity index (χ1v) is 7.53. The van der Waals surface area contributed by atoms with Gasteiger partial charge >= 0.3 is 0 Å². The molecule has 0 aliphatic carbocycles. The maximum Gasteiger partial charge on any atom is 0.135 e. The van der Waals surface area contributed by atoms with Crippen LogP contribution in [0, 0.1) is 12.3 Å². The van der Waals surface area contributed by atoms with Crippen LogP contribution in [0.2, 0.25) is 0 Å². The first-order chi connectivity index (χ1) is 10.2. The SMILES string of the molecule is CCC(CC)Nc1ncccc1C(=N)c1ccc(C)cc1. The Kier molecular flexibility index (Phi) is 5.09. The van der Waals surface area contributed by atoms with Gasteiger partial charge < -0.3 is 5.32 Å². The topological polar surface area (TPSA) is 48.8 Å². The van der Waals surface area contributed by atoms with Crippen molar-refractivity contribution in [2.45, 2.75) is 39.7 Å². The molecule has 0 amide bonds. The van der Waals surface area contributed by atoms with Crippen molar-refractivity contribution < 1.29 is 0 Å². The van der Waals surface area contributed by atoms with Crippen LogP contribution in [-0.4, -0.2) is 16.7 Å². The van der Waals surface area contributed by atoms with E-state index in [4.69, 9.17) is 5.41 Å². The number of rotatable bonds is 6. The van der Waals surface area contributed by atoms with Crippen molar-refractivity contribution in [2.75, 3.05) is 5.32 Å². The van der Waals surface area contributed by atoms with Crippen molar-refractivity contribution in [2.24, 2.45) is 0 Å². The number of aromatic nitrogens is 1. The maximum absolute atomic E-state index is 8.46. The Morgan fingerprint density at radius 2 is 1.81 bits per heavy atom. The fraction of sp³-hybridized carbons (Fsp3) is 0.333. The van der Waals surface area contributed by atoms with Crippen molar-refractivity contribution in [1.29, 1.82) is 5.41 Å². The summed E-state index contributed by atoms with van der Waals surface area (Å²) >= 11 is 0. The highest BCUT2D eigenvalue weighted by Gasteiger charge is 2.13. The van der Waals surface area contributed by atoms with Gasteiger partial charge in [-0.25, -0.2) is 4.98 Å². The van der Waals surface area contributed by atoms with Crippen LogP contribution in [-0.2, 0) is 0 Å². The van der Waals surface area contributed by atoms with Gasteiger partial charge in [-0.1, -0.05) is 43.7 Å². The summed E-state index contributed by atoms with van der Waals surface area (Å²) in [5.41, 5.74) is 3.49. The van der Waals surface area contributed by atoms with Crippen LogP contribution in [0.4, 0.5) is 5.82 Å². The lowest BCUT2D eigenvalue weighted by Gasteiger charge is -2.18. The summed E-state index contributed by atoms with van der Waals surface area (Å²) in [5.74, 6) is 0.803. The first-order valence-electron chi connectivity index (χ1n) is 7.53. The maximum atomic E-state index is 8.46. The van der Waals surface area contributed by atoms with Gasteiger partial charge in [-0.3, -0.25) is 5.41 Å². The Labute approximate surface area is 126 Å². The molecule has 0 aliphatic heterocycles. The van der Waals surface area contributed by atoms with Gasteiger partial charge in [-0.15, -0.1) is 0 Å². The highest BCUT2D eigenvalue weighted by atomic mass is 15.0. The number of benzene rings is 1. The highest BCUT2D eigenvalue weighted by molar-refractivity contribution is 6.13. The van der Waals surface area contributed by atoms with E-state index in [1.54, 1.807) is 6.20 Å². The summed E-state index contributed by atoms with van der Waals surface area (Å²) in [7, 11) is 0. The molecule has 110 valence electrons. The second-order valence-corrected chi connectivity index (χ2v) is 5.30. The molecule has 0 bridgehead atoms. The average molecular weight is 281 g/mol. The molecular formula is C18H23N3. The van der Waals surface area contributed by atoms with E-state index in [0.717, 1.165) is 29.8 Å². The molecule has 0 saturated carbocycles. The van der Waals surface area contributed by atoms with E-state index in [1.807, 2.05) is 36.4 Å². The molecule has 0 spiro atoms. The summed E-state index contributed by atoms with van der Waals surface area (Å²) in [6.07, 6.45) is 3.87. The van der Waals surface area contributed by atoms with Crippen LogP contribution < -0.4 is 5.32 Å².